The third-order valence-corrected chi connectivity index (χ3v) is 7.28. The summed E-state index contributed by atoms with van der Waals surface area (Å²) in [6.45, 7) is 0.365. The molecule has 0 unspecified atom stereocenters. The number of anilines is 1. The van der Waals surface area contributed by atoms with E-state index in [0.29, 0.717) is 41.6 Å². The molecule has 1 aliphatic heterocycles. The van der Waals surface area contributed by atoms with Crippen LogP contribution in [-0.4, -0.2) is 53.0 Å². The number of ether oxygens (including phenoxy) is 3. The molecule has 0 aliphatic carbocycles. The molecule has 8 nitrogen and oxygen atoms in total. The third kappa shape index (κ3) is 5.06. The van der Waals surface area contributed by atoms with Crippen molar-refractivity contribution in [3.8, 4) is 17.2 Å². The number of amides is 1. The van der Waals surface area contributed by atoms with Crippen LogP contribution in [0.25, 0.3) is 0 Å². The normalized spacial score (nSPS) is 17.1. The minimum atomic E-state index is -3.89. The van der Waals surface area contributed by atoms with Crippen molar-refractivity contribution in [3.63, 3.8) is 0 Å². The zero-order valence-corrected chi connectivity index (χ0v) is 19.1. The second-order valence-electron chi connectivity index (χ2n) is 7.05. The van der Waals surface area contributed by atoms with Crippen molar-refractivity contribution in [2.75, 3.05) is 39.7 Å². The number of hydrogen-bond donors (Lipinski definition) is 1. The minimum Gasteiger partial charge on any atom is -0.497 e. The molecule has 1 heterocycles. The molecule has 2 aromatic rings. The SMILES string of the molecule is COc1ccc(OC)c(S(=O)(=O)N2CCC[C@@H](C(=O)Nc3cc(Cl)ccc3OC)C2)c1. The molecule has 0 saturated carbocycles. The van der Waals surface area contributed by atoms with Crippen LogP contribution >= 0.6 is 11.6 Å². The van der Waals surface area contributed by atoms with Crippen LogP contribution in [0.4, 0.5) is 5.69 Å². The molecule has 2 aromatic carbocycles. The van der Waals surface area contributed by atoms with Gasteiger partial charge in [0.1, 0.15) is 22.1 Å². The molecule has 0 bridgehead atoms. The number of rotatable bonds is 7. The highest BCUT2D eigenvalue weighted by atomic mass is 35.5. The van der Waals surface area contributed by atoms with E-state index in [-0.39, 0.29) is 23.1 Å². The molecule has 3 rings (SSSR count). The molecule has 10 heteroatoms. The van der Waals surface area contributed by atoms with Gasteiger partial charge in [-0.05, 0) is 43.2 Å². The first-order valence-electron chi connectivity index (χ1n) is 9.66. The van der Waals surface area contributed by atoms with Gasteiger partial charge in [0.25, 0.3) is 0 Å². The van der Waals surface area contributed by atoms with Crippen LogP contribution in [-0.2, 0) is 14.8 Å². The lowest BCUT2D eigenvalue weighted by Crippen LogP contribution is -2.43. The number of carbonyl (C=O) groups excluding carboxylic acids is 1. The molecular weight excluding hydrogens is 444 g/mol. The Hall–Kier alpha value is -2.49. The number of nitrogens with zero attached hydrogens (tertiary/aromatic N) is 1. The molecule has 1 N–H and O–H groups in total. The smallest absolute Gasteiger partial charge is 0.246 e. The highest BCUT2D eigenvalue weighted by molar-refractivity contribution is 7.89. The van der Waals surface area contributed by atoms with Crippen LogP contribution in [0.1, 0.15) is 12.8 Å². The van der Waals surface area contributed by atoms with Crippen LogP contribution in [0.5, 0.6) is 17.2 Å². The van der Waals surface area contributed by atoms with Crippen LogP contribution in [0, 0.1) is 5.92 Å². The predicted octanol–water partition coefficient (Wildman–Crippen LogP) is 3.41. The van der Waals surface area contributed by atoms with E-state index in [1.807, 2.05) is 0 Å². The summed E-state index contributed by atoms with van der Waals surface area (Å²) < 4.78 is 43.6. The molecule has 168 valence electrons. The number of methoxy groups -OCH3 is 3. The molecule has 1 amide bonds. The average molecular weight is 469 g/mol. The first kappa shape index (κ1) is 23.2. The summed E-state index contributed by atoms with van der Waals surface area (Å²) in [6, 6.07) is 9.51. The van der Waals surface area contributed by atoms with Crippen LogP contribution in [0.2, 0.25) is 5.02 Å². The lowest BCUT2D eigenvalue weighted by Gasteiger charge is -2.31. The van der Waals surface area contributed by atoms with E-state index < -0.39 is 15.9 Å². The summed E-state index contributed by atoms with van der Waals surface area (Å²) in [5, 5.41) is 3.26. The van der Waals surface area contributed by atoms with Crippen molar-refractivity contribution >= 4 is 33.2 Å². The zero-order valence-electron chi connectivity index (χ0n) is 17.6. The van der Waals surface area contributed by atoms with Crippen molar-refractivity contribution in [2.45, 2.75) is 17.7 Å². The maximum absolute atomic E-state index is 13.3. The summed E-state index contributed by atoms with van der Waals surface area (Å²) in [7, 11) is 0.472. The van der Waals surface area contributed by atoms with Crippen molar-refractivity contribution in [1.82, 2.24) is 4.31 Å². The fraction of sp³-hybridized carbons (Fsp3) is 0.381. The van der Waals surface area contributed by atoms with Crippen LogP contribution in [0.3, 0.4) is 0 Å². The molecular formula is C21H25ClN2O6S. The monoisotopic (exact) mass is 468 g/mol. The lowest BCUT2D eigenvalue weighted by molar-refractivity contribution is -0.120. The van der Waals surface area contributed by atoms with Gasteiger partial charge in [0.15, 0.2) is 0 Å². The number of benzene rings is 2. The van der Waals surface area contributed by atoms with Gasteiger partial charge >= 0.3 is 0 Å². The number of carbonyl (C=O) groups is 1. The largest absolute Gasteiger partial charge is 0.497 e. The molecule has 1 atom stereocenters. The Morgan fingerprint density at radius 1 is 1.06 bits per heavy atom. The number of sulfonamides is 1. The number of piperidine rings is 1. The van der Waals surface area contributed by atoms with Gasteiger partial charge in [0.2, 0.25) is 15.9 Å². The average Bonchev–Trinajstić information content (AvgIpc) is 2.78. The fourth-order valence-corrected chi connectivity index (χ4v) is 5.38. The summed E-state index contributed by atoms with van der Waals surface area (Å²) >= 11 is 6.03. The number of hydrogen-bond acceptors (Lipinski definition) is 6. The predicted molar refractivity (Wildman–Crippen MR) is 118 cm³/mol. The Morgan fingerprint density at radius 3 is 2.45 bits per heavy atom. The molecule has 1 fully saturated rings. The van der Waals surface area contributed by atoms with Crippen molar-refractivity contribution < 1.29 is 27.4 Å². The van der Waals surface area contributed by atoms with Gasteiger partial charge in [-0.1, -0.05) is 11.6 Å². The van der Waals surface area contributed by atoms with E-state index in [9.17, 15) is 13.2 Å². The van der Waals surface area contributed by atoms with Crippen molar-refractivity contribution in [1.29, 1.82) is 0 Å². The quantitative estimate of drug-likeness (QED) is 0.669. The first-order chi connectivity index (χ1) is 14.8. The van der Waals surface area contributed by atoms with Gasteiger partial charge in [-0.25, -0.2) is 8.42 Å². The topological polar surface area (TPSA) is 94.2 Å². The zero-order chi connectivity index (χ0) is 22.6. The highest BCUT2D eigenvalue weighted by Crippen LogP contribution is 2.33. The molecule has 0 spiro atoms. The van der Waals surface area contributed by atoms with E-state index in [1.54, 1.807) is 30.3 Å². The Labute approximate surface area is 187 Å². The fourth-order valence-electron chi connectivity index (χ4n) is 3.51. The Balaban J connectivity index is 1.82. The third-order valence-electron chi connectivity index (χ3n) is 5.16. The van der Waals surface area contributed by atoms with Gasteiger partial charge in [-0.3, -0.25) is 4.79 Å². The Morgan fingerprint density at radius 2 is 1.77 bits per heavy atom. The van der Waals surface area contributed by atoms with E-state index >= 15 is 0 Å². The molecule has 0 radical (unpaired) electrons. The Bertz CT molecular complexity index is 1060. The number of halogens is 1. The standard InChI is InChI=1S/C21H25ClN2O6S/c1-28-16-7-9-19(30-3)20(12-16)31(26,27)24-10-4-5-14(13-24)21(25)23-17-11-15(22)6-8-18(17)29-2/h6-9,11-12,14H,4-5,10,13H2,1-3H3,(H,23,25)/t14-/m1/s1. The molecule has 31 heavy (non-hydrogen) atoms. The molecule has 1 aliphatic rings. The van der Waals surface area contributed by atoms with E-state index in [2.05, 4.69) is 5.32 Å². The van der Waals surface area contributed by atoms with Gasteiger partial charge in [0, 0.05) is 24.2 Å². The maximum atomic E-state index is 13.3. The van der Waals surface area contributed by atoms with E-state index in [0.717, 1.165) is 0 Å². The molecule has 0 aromatic heterocycles. The second-order valence-corrected chi connectivity index (χ2v) is 9.40. The van der Waals surface area contributed by atoms with E-state index in [1.165, 1.54) is 31.7 Å². The summed E-state index contributed by atoms with van der Waals surface area (Å²) in [5.74, 6) is 0.274. The second kappa shape index (κ2) is 9.76. The van der Waals surface area contributed by atoms with Crippen LogP contribution in [0.15, 0.2) is 41.3 Å². The van der Waals surface area contributed by atoms with E-state index in [4.69, 9.17) is 25.8 Å². The van der Waals surface area contributed by atoms with Gasteiger partial charge in [0.05, 0.1) is 32.9 Å². The maximum Gasteiger partial charge on any atom is 0.246 e. The van der Waals surface area contributed by atoms with Gasteiger partial charge in [-0.15, -0.1) is 0 Å². The highest BCUT2D eigenvalue weighted by Gasteiger charge is 2.35. The van der Waals surface area contributed by atoms with Crippen molar-refractivity contribution in [3.05, 3.63) is 41.4 Å². The lowest BCUT2D eigenvalue weighted by atomic mass is 9.98. The van der Waals surface area contributed by atoms with Gasteiger partial charge in [-0.2, -0.15) is 4.31 Å². The Kier molecular flexibility index (Phi) is 7.30. The number of nitrogens with one attached hydrogen (secondary N) is 1. The summed E-state index contributed by atoms with van der Waals surface area (Å²) in [5.41, 5.74) is 0.439. The summed E-state index contributed by atoms with van der Waals surface area (Å²) in [4.78, 5) is 12.9. The summed E-state index contributed by atoms with van der Waals surface area (Å²) in [6.07, 6.45) is 1.12. The molecule has 1 saturated heterocycles. The first-order valence-corrected chi connectivity index (χ1v) is 11.5. The minimum absolute atomic E-state index is 0.00641. The van der Waals surface area contributed by atoms with Crippen LogP contribution < -0.4 is 19.5 Å². The van der Waals surface area contributed by atoms with Gasteiger partial charge < -0.3 is 19.5 Å². The van der Waals surface area contributed by atoms with Crippen molar-refractivity contribution in [2.24, 2.45) is 5.92 Å².